The Morgan fingerprint density at radius 1 is 1.33 bits per heavy atom. The van der Waals surface area contributed by atoms with E-state index in [9.17, 15) is 22.8 Å². The molecule has 1 atom stereocenters. The summed E-state index contributed by atoms with van der Waals surface area (Å²) in [5.41, 5.74) is 0. The number of nitrogens with zero attached hydrogens (tertiary/aromatic N) is 1. The molecule has 1 amide bonds. The van der Waals surface area contributed by atoms with Gasteiger partial charge in [0.25, 0.3) is 0 Å². The van der Waals surface area contributed by atoms with Crippen LogP contribution in [0.2, 0.25) is 0 Å². The van der Waals surface area contributed by atoms with Crippen LogP contribution in [0.15, 0.2) is 0 Å². The van der Waals surface area contributed by atoms with E-state index < -0.39 is 24.1 Å². The van der Waals surface area contributed by atoms with Gasteiger partial charge in [0.15, 0.2) is 0 Å². The maximum absolute atomic E-state index is 12.0. The first-order valence-corrected chi connectivity index (χ1v) is 3.94. The summed E-state index contributed by atoms with van der Waals surface area (Å²) in [5, 5.41) is 8.54. The predicted molar refractivity (Wildman–Crippen MR) is 38.4 cm³/mol. The fourth-order valence-corrected chi connectivity index (χ4v) is 1.43. The summed E-state index contributed by atoms with van der Waals surface area (Å²) in [6.45, 7) is -0.144. The van der Waals surface area contributed by atoms with Gasteiger partial charge in [-0.15, -0.1) is 0 Å². The van der Waals surface area contributed by atoms with Crippen molar-refractivity contribution >= 4 is 11.9 Å². The summed E-state index contributed by atoms with van der Waals surface area (Å²) in [7, 11) is 0. The normalized spacial score (nSPS) is 21.0. The molecule has 1 fully saturated rings. The number of halogens is 4. The average molecular weight is 247 g/mol. The van der Waals surface area contributed by atoms with Gasteiger partial charge in [0.05, 0.1) is 0 Å². The number of aliphatic carboxylic acids is 1. The van der Waals surface area contributed by atoms with Crippen LogP contribution in [0, 0.1) is 0 Å². The number of alkyl halides is 3. The maximum Gasteiger partial charge on any atom is 0.471 e. The molecule has 1 N–H and O–H groups in total. The van der Waals surface area contributed by atoms with Crippen LogP contribution >= 0.6 is 0 Å². The molecule has 4 nitrogen and oxygen atoms in total. The van der Waals surface area contributed by atoms with Crippen molar-refractivity contribution in [3.8, 4) is 0 Å². The van der Waals surface area contributed by atoms with Crippen LogP contribution in [-0.2, 0) is 9.59 Å². The largest absolute Gasteiger partial charge is 1.00 e. The number of carboxylic acid groups (broad SMARTS) is 1. The van der Waals surface area contributed by atoms with E-state index in [1.54, 1.807) is 0 Å². The molecule has 0 aromatic rings. The van der Waals surface area contributed by atoms with Gasteiger partial charge >= 0.3 is 18.1 Å². The van der Waals surface area contributed by atoms with Gasteiger partial charge in [-0.05, 0) is 12.8 Å². The molecular weight excluding hydrogens is 239 g/mol. The lowest BCUT2D eigenvalue weighted by molar-refractivity contribution is -0.187. The number of carbonyl (C=O) groups is 2. The van der Waals surface area contributed by atoms with Crippen LogP contribution in [0.5, 0.6) is 0 Å². The van der Waals surface area contributed by atoms with Crippen LogP contribution < -0.4 is 12.4 Å². The highest BCUT2D eigenvalue weighted by atomic mass is 35.5. The van der Waals surface area contributed by atoms with E-state index in [1.807, 2.05) is 0 Å². The van der Waals surface area contributed by atoms with Gasteiger partial charge in [-0.3, -0.25) is 4.79 Å². The van der Waals surface area contributed by atoms with E-state index in [2.05, 4.69) is 0 Å². The molecule has 0 aliphatic carbocycles. The quantitative estimate of drug-likeness (QED) is 0.563. The lowest BCUT2D eigenvalue weighted by atomic mass is 10.2. The van der Waals surface area contributed by atoms with Gasteiger partial charge in [-0.2, -0.15) is 13.2 Å². The molecule has 15 heavy (non-hydrogen) atoms. The number of hydrogen-bond acceptors (Lipinski definition) is 2. The third-order valence-corrected chi connectivity index (χ3v) is 2.04. The zero-order valence-corrected chi connectivity index (χ0v) is 8.18. The minimum Gasteiger partial charge on any atom is -1.00 e. The van der Waals surface area contributed by atoms with E-state index in [0.717, 1.165) is 0 Å². The Labute approximate surface area is 89.4 Å². The van der Waals surface area contributed by atoms with Crippen LogP contribution in [-0.4, -0.2) is 40.6 Å². The standard InChI is InChI=1S/C7H8F3NO3.ClH/c8-7(9,10)6(14)11-3-1-2-4(11)5(12)13;/h4H,1-3H2,(H,12,13);1H/p-1/t4-;/m0./s1. The van der Waals surface area contributed by atoms with Crippen molar-refractivity contribution in [2.75, 3.05) is 6.54 Å². The fourth-order valence-electron chi connectivity index (χ4n) is 1.43. The predicted octanol–water partition coefficient (Wildman–Crippen LogP) is -2.37. The molecule has 1 rings (SSSR count). The highest BCUT2D eigenvalue weighted by molar-refractivity contribution is 5.87. The maximum atomic E-state index is 12.0. The number of hydrogen-bond donors (Lipinski definition) is 1. The first kappa shape index (κ1) is 14.0. The van der Waals surface area contributed by atoms with E-state index in [4.69, 9.17) is 5.11 Å². The van der Waals surface area contributed by atoms with E-state index in [-0.39, 0.29) is 25.4 Å². The van der Waals surface area contributed by atoms with Crippen LogP contribution in [0.4, 0.5) is 13.2 Å². The van der Waals surface area contributed by atoms with Gasteiger partial charge in [0, 0.05) is 6.54 Å². The molecule has 1 saturated heterocycles. The third kappa shape index (κ3) is 2.98. The summed E-state index contributed by atoms with van der Waals surface area (Å²) in [5.74, 6) is -3.46. The minimum absolute atomic E-state index is 0. The van der Waals surface area contributed by atoms with Crippen molar-refractivity contribution in [2.45, 2.75) is 25.1 Å². The molecule has 88 valence electrons. The molecular formula is C7H8ClF3NO3-. The SMILES string of the molecule is O=C(O)[C@@H]1CCCN1C(=O)C(F)(F)F.[Cl-]. The number of rotatable bonds is 1. The molecule has 0 bridgehead atoms. The number of carboxylic acids is 1. The molecule has 1 aliphatic rings. The third-order valence-electron chi connectivity index (χ3n) is 2.04. The van der Waals surface area contributed by atoms with Gasteiger partial charge < -0.3 is 22.4 Å². The first-order chi connectivity index (χ1) is 6.34. The Balaban J connectivity index is 0.00000196. The number of likely N-dealkylation sites (tertiary alicyclic amines) is 1. The van der Waals surface area contributed by atoms with E-state index >= 15 is 0 Å². The number of amides is 1. The van der Waals surface area contributed by atoms with Crippen molar-refractivity contribution in [1.29, 1.82) is 0 Å². The Bertz CT molecular complexity index is 269. The lowest BCUT2D eigenvalue weighted by Crippen LogP contribution is -3.00. The summed E-state index contributed by atoms with van der Waals surface area (Å²) in [6.07, 6.45) is -4.62. The second-order valence-corrected chi connectivity index (χ2v) is 2.99. The van der Waals surface area contributed by atoms with Gasteiger partial charge in [0.2, 0.25) is 0 Å². The fraction of sp³-hybridized carbons (Fsp3) is 0.714. The number of carbonyl (C=O) groups excluding carboxylic acids is 1. The Kier molecular flexibility index (Phi) is 4.39. The van der Waals surface area contributed by atoms with E-state index in [1.165, 1.54) is 0 Å². The summed E-state index contributed by atoms with van der Waals surface area (Å²) in [4.78, 5) is 21.6. The Morgan fingerprint density at radius 2 is 1.87 bits per heavy atom. The second kappa shape index (κ2) is 4.69. The molecule has 0 radical (unpaired) electrons. The zero-order chi connectivity index (χ0) is 10.9. The van der Waals surface area contributed by atoms with Crippen LogP contribution in [0.1, 0.15) is 12.8 Å². The van der Waals surface area contributed by atoms with Gasteiger partial charge in [0.1, 0.15) is 6.04 Å². The molecule has 0 spiro atoms. The van der Waals surface area contributed by atoms with Crippen molar-refractivity contribution < 1.29 is 40.3 Å². The van der Waals surface area contributed by atoms with E-state index in [0.29, 0.717) is 11.3 Å². The van der Waals surface area contributed by atoms with Crippen LogP contribution in [0.3, 0.4) is 0 Å². The van der Waals surface area contributed by atoms with Crippen molar-refractivity contribution in [1.82, 2.24) is 4.90 Å². The average Bonchev–Trinajstić information content (AvgIpc) is 2.48. The topological polar surface area (TPSA) is 57.6 Å². The zero-order valence-electron chi connectivity index (χ0n) is 7.42. The van der Waals surface area contributed by atoms with Gasteiger partial charge in [-0.1, -0.05) is 0 Å². The molecule has 0 saturated carbocycles. The molecule has 0 unspecified atom stereocenters. The van der Waals surface area contributed by atoms with Crippen molar-refractivity contribution in [2.24, 2.45) is 0 Å². The van der Waals surface area contributed by atoms with Gasteiger partial charge in [-0.25, -0.2) is 4.79 Å². The van der Waals surface area contributed by atoms with Crippen molar-refractivity contribution in [3.63, 3.8) is 0 Å². The first-order valence-electron chi connectivity index (χ1n) is 3.94. The summed E-state index contributed by atoms with van der Waals surface area (Å²) >= 11 is 0. The smallest absolute Gasteiger partial charge is 0.471 e. The summed E-state index contributed by atoms with van der Waals surface area (Å²) in [6, 6.07) is -1.33. The molecule has 0 aromatic carbocycles. The molecule has 1 aliphatic heterocycles. The molecule has 8 heteroatoms. The monoisotopic (exact) mass is 246 g/mol. The molecule has 0 aromatic heterocycles. The highest BCUT2D eigenvalue weighted by Crippen LogP contribution is 2.25. The second-order valence-electron chi connectivity index (χ2n) is 2.99. The van der Waals surface area contributed by atoms with Crippen molar-refractivity contribution in [3.05, 3.63) is 0 Å². The van der Waals surface area contributed by atoms with Crippen LogP contribution in [0.25, 0.3) is 0 Å². The Morgan fingerprint density at radius 3 is 2.27 bits per heavy atom. The Hall–Kier alpha value is -0.980. The molecule has 1 heterocycles. The highest BCUT2D eigenvalue weighted by Gasteiger charge is 2.47. The summed E-state index contributed by atoms with van der Waals surface area (Å²) < 4.78 is 35.9. The minimum atomic E-state index is -4.99. The lowest BCUT2D eigenvalue weighted by Gasteiger charge is -2.22.